The molecular formula is C12H19NO. The highest BCUT2D eigenvalue weighted by Gasteiger charge is 2.02. The molecule has 1 rings (SSSR count). The summed E-state index contributed by atoms with van der Waals surface area (Å²) in [5, 5.41) is 9.46. The molecule has 14 heavy (non-hydrogen) atoms. The van der Waals surface area contributed by atoms with E-state index in [1.165, 1.54) is 11.1 Å². The number of aliphatic hydroxyl groups is 1. The van der Waals surface area contributed by atoms with E-state index in [-0.39, 0.29) is 6.10 Å². The van der Waals surface area contributed by atoms with Gasteiger partial charge in [-0.3, -0.25) is 0 Å². The Balaban J connectivity index is 2.54. The predicted octanol–water partition coefficient (Wildman–Crippen LogP) is 1.50. The van der Waals surface area contributed by atoms with Crippen molar-refractivity contribution in [3.8, 4) is 0 Å². The zero-order valence-electron chi connectivity index (χ0n) is 8.74. The van der Waals surface area contributed by atoms with E-state index in [4.69, 9.17) is 5.73 Å². The van der Waals surface area contributed by atoms with E-state index >= 15 is 0 Å². The summed E-state index contributed by atoms with van der Waals surface area (Å²) in [6.45, 7) is 2.68. The lowest BCUT2D eigenvalue weighted by molar-refractivity contribution is 0.171. The number of aliphatic hydroxyl groups excluding tert-OH is 1. The maximum absolute atomic E-state index is 9.46. The first kappa shape index (κ1) is 11.2. The minimum Gasteiger partial charge on any atom is -0.393 e. The van der Waals surface area contributed by atoms with Gasteiger partial charge in [0.05, 0.1) is 6.10 Å². The third kappa shape index (κ3) is 3.48. The van der Waals surface area contributed by atoms with Gasteiger partial charge < -0.3 is 10.8 Å². The average Bonchev–Trinajstić information content (AvgIpc) is 2.21. The SMILES string of the molecule is CCC(O)Cc1ccc(CCN)cc1. The normalized spacial score (nSPS) is 12.8. The fraction of sp³-hybridized carbons (Fsp3) is 0.500. The molecule has 1 aromatic rings. The second kappa shape index (κ2) is 5.78. The minimum absolute atomic E-state index is 0.213. The highest BCUT2D eigenvalue weighted by Crippen LogP contribution is 2.08. The summed E-state index contributed by atoms with van der Waals surface area (Å²) in [5.74, 6) is 0. The van der Waals surface area contributed by atoms with Crippen LogP contribution in [0.5, 0.6) is 0 Å². The van der Waals surface area contributed by atoms with Gasteiger partial charge in [0.1, 0.15) is 0 Å². The average molecular weight is 193 g/mol. The molecule has 0 aliphatic heterocycles. The molecule has 0 amide bonds. The highest BCUT2D eigenvalue weighted by molar-refractivity contribution is 5.23. The number of hydrogen-bond acceptors (Lipinski definition) is 2. The van der Waals surface area contributed by atoms with E-state index in [0.29, 0.717) is 6.54 Å². The molecule has 0 fully saturated rings. The van der Waals surface area contributed by atoms with Crippen molar-refractivity contribution in [1.29, 1.82) is 0 Å². The van der Waals surface area contributed by atoms with Gasteiger partial charge in [-0.2, -0.15) is 0 Å². The van der Waals surface area contributed by atoms with E-state index in [0.717, 1.165) is 19.3 Å². The van der Waals surface area contributed by atoms with Crippen LogP contribution in [0.4, 0.5) is 0 Å². The molecular weight excluding hydrogens is 174 g/mol. The Kier molecular flexibility index (Phi) is 4.63. The van der Waals surface area contributed by atoms with E-state index in [1.807, 2.05) is 6.92 Å². The van der Waals surface area contributed by atoms with Crippen LogP contribution in [0.25, 0.3) is 0 Å². The number of nitrogens with two attached hydrogens (primary N) is 1. The molecule has 0 bridgehead atoms. The number of benzene rings is 1. The Labute approximate surface area is 85.8 Å². The van der Waals surface area contributed by atoms with Crippen molar-refractivity contribution in [1.82, 2.24) is 0 Å². The molecule has 1 unspecified atom stereocenters. The lowest BCUT2D eigenvalue weighted by Crippen LogP contribution is -2.08. The smallest absolute Gasteiger partial charge is 0.0577 e. The van der Waals surface area contributed by atoms with Gasteiger partial charge in [-0.15, -0.1) is 0 Å². The summed E-state index contributed by atoms with van der Waals surface area (Å²) >= 11 is 0. The Morgan fingerprint density at radius 1 is 1.21 bits per heavy atom. The van der Waals surface area contributed by atoms with E-state index < -0.39 is 0 Å². The molecule has 3 N–H and O–H groups in total. The first-order chi connectivity index (χ1) is 6.76. The maximum atomic E-state index is 9.46. The molecule has 2 heteroatoms. The van der Waals surface area contributed by atoms with Crippen LogP contribution in [-0.2, 0) is 12.8 Å². The second-order valence-corrected chi connectivity index (χ2v) is 3.62. The Hall–Kier alpha value is -0.860. The van der Waals surface area contributed by atoms with Gasteiger partial charge in [0.25, 0.3) is 0 Å². The number of rotatable bonds is 5. The first-order valence-electron chi connectivity index (χ1n) is 5.22. The Morgan fingerprint density at radius 3 is 2.29 bits per heavy atom. The van der Waals surface area contributed by atoms with Crippen LogP contribution in [0.1, 0.15) is 24.5 Å². The van der Waals surface area contributed by atoms with Crippen LogP contribution in [0.3, 0.4) is 0 Å². The monoisotopic (exact) mass is 193 g/mol. The summed E-state index contributed by atoms with van der Waals surface area (Å²) in [6, 6.07) is 8.32. The Bertz CT molecular complexity index is 256. The molecule has 2 nitrogen and oxygen atoms in total. The predicted molar refractivity (Wildman–Crippen MR) is 59.2 cm³/mol. The summed E-state index contributed by atoms with van der Waals surface area (Å²) in [4.78, 5) is 0. The summed E-state index contributed by atoms with van der Waals surface area (Å²) in [7, 11) is 0. The lowest BCUT2D eigenvalue weighted by atomic mass is 10.0. The zero-order chi connectivity index (χ0) is 10.4. The van der Waals surface area contributed by atoms with Crippen LogP contribution < -0.4 is 5.73 Å². The van der Waals surface area contributed by atoms with Crippen LogP contribution in [0.15, 0.2) is 24.3 Å². The third-order valence-corrected chi connectivity index (χ3v) is 2.40. The summed E-state index contributed by atoms with van der Waals surface area (Å²) in [5.41, 5.74) is 7.92. The van der Waals surface area contributed by atoms with Gasteiger partial charge in [-0.1, -0.05) is 31.2 Å². The Morgan fingerprint density at radius 2 is 1.79 bits per heavy atom. The molecule has 0 spiro atoms. The maximum Gasteiger partial charge on any atom is 0.0577 e. The van der Waals surface area contributed by atoms with Crippen molar-refractivity contribution in [3.63, 3.8) is 0 Å². The quantitative estimate of drug-likeness (QED) is 0.744. The van der Waals surface area contributed by atoms with E-state index in [9.17, 15) is 5.11 Å². The van der Waals surface area contributed by atoms with Crippen molar-refractivity contribution in [2.75, 3.05) is 6.54 Å². The largest absolute Gasteiger partial charge is 0.393 e. The van der Waals surface area contributed by atoms with Crippen LogP contribution in [0.2, 0.25) is 0 Å². The summed E-state index contributed by atoms with van der Waals surface area (Å²) < 4.78 is 0. The summed E-state index contributed by atoms with van der Waals surface area (Å²) in [6.07, 6.45) is 2.27. The number of hydrogen-bond donors (Lipinski definition) is 2. The highest BCUT2D eigenvalue weighted by atomic mass is 16.3. The standard InChI is InChI=1S/C12H19NO/c1-2-12(14)9-11-5-3-10(4-6-11)7-8-13/h3-6,12,14H,2,7-9,13H2,1H3. The van der Waals surface area contributed by atoms with Gasteiger partial charge in [0.2, 0.25) is 0 Å². The van der Waals surface area contributed by atoms with Crippen molar-refractivity contribution >= 4 is 0 Å². The van der Waals surface area contributed by atoms with Gasteiger partial charge in [-0.05, 0) is 36.9 Å². The zero-order valence-corrected chi connectivity index (χ0v) is 8.74. The van der Waals surface area contributed by atoms with E-state index in [1.54, 1.807) is 0 Å². The van der Waals surface area contributed by atoms with Crippen LogP contribution in [-0.4, -0.2) is 17.8 Å². The van der Waals surface area contributed by atoms with Gasteiger partial charge in [-0.25, -0.2) is 0 Å². The van der Waals surface area contributed by atoms with Crippen molar-refractivity contribution in [2.24, 2.45) is 5.73 Å². The van der Waals surface area contributed by atoms with Gasteiger partial charge in [0.15, 0.2) is 0 Å². The molecule has 0 aliphatic carbocycles. The van der Waals surface area contributed by atoms with Crippen LogP contribution in [0, 0.1) is 0 Å². The molecule has 0 saturated heterocycles. The molecule has 1 aromatic carbocycles. The van der Waals surface area contributed by atoms with E-state index in [2.05, 4.69) is 24.3 Å². The molecule has 0 aromatic heterocycles. The first-order valence-corrected chi connectivity index (χ1v) is 5.22. The molecule has 0 aliphatic rings. The van der Waals surface area contributed by atoms with Crippen LogP contribution >= 0.6 is 0 Å². The molecule has 78 valence electrons. The molecule has 0 radical (unpaired) electrons. The molecule has 1 atom stereocenters. The lowest BCUT2D eigenvalue weighted by Gasteiger charge is -2.08. The van der Waals surface area contributed by atoms with Gasteiger partial charge in [0, 0.05) is 0 Å². The molecule has 0 heterocycles. The topological polar surface area (TPSA) is 46.2 Å². The second-order valence-electron chi connectivity index (χ2n) is 3.62. The third-order valence-electron chi connectivity index (χ3n) is 2.40. The van der Waals surface area contributed by atoms with Gasteiger partial charge >= 0.3 is 0 Å². The fourth-order valence-corrected chi connectivity index (χ4v) is 1.43. The van der Waals surface area contributed by atoms with Crippen molar-refractivity contribution in [2.45, 2.75) is 32.3 Å². The fourth-order valence-electron chi connectivity index (χ4n) is 1.43. The molecule has 0 saturated carbocycles. The van der Waals surface area contributed by atoms with Crippen molar-refractivity contribution < 1.29 is 5.11 Å². The minimum atomic E-state index is -0.213. The van der Waals surface area contributed by atoms with Crippen molar-refractivity contribution in [3.05, 3.63) is 35.4 Å².